The molecule has 2 aromatic rings. The van der Waals surface area contributed by atoms with Crippen molar-refractivity contribution in [1.82, 2.24) is 0 Å². The van der Waals surface area contributed by atoms with E-state index < -0.39 is 11.7 Å². The number of nitriles is 1. The summed E-state index contributed by atoms with van der Waals surface area (Å²) in [5.41, 5.74) is 5.59. The van der Waals surface area contributed by atoms with Crippen molar-refractivity contribution in [3.8, 4) is 6.07 Å². The van der Waals surface area contributed by atoms with Gasteiger partial charge in [-0.2, -0.15) is 18.4 Å². The van der Waals surface area contributed by atoms with Gasteiger partial charge in [0.1, 0.15) is 0 Å². The van der Waals surface area contributed by atoms with Crippen LogP contribution in [0.4, 0.5) is 30.2 Å². The van der Waals surface area contributed by atoms with Crippen molar-refractivity contribution in [2.24, 2.45) is 0 Å². The Hall–Kier alpha value is -2.68. The number of anilines is 3. The van der Waals surface area contributed by atoms with E-state index in [-0.39, 0.29) is 5.69 Å². The normalized spacial score (nSPS) is 11.0. The highest BCUT2D eigenvalue weighted by atomic mass is 19.4. The van der Waals surface area contributed by atoms with Gasteiger partial charge in [-0.3, -0.25) is 0 Å². The maximum atomic E-state index is 12.9. The molecular weight excluding hydrogens is 279 g/mol. The van der Waals surface area contributed by atoms with E-state index in [4.69, 9.17) is 11.0 Å². The Bertz CT molecular complexity index is 702. The summed E-state index contributed by atoms with van der Waals surface area (Å²) in [6.07, 6.45) is -4.50. The van der Waals surface area contributed by atoms with Crippen molar-refractivity contribution in [2.75, 3.05) is 17.7 Å². The lowest BCUT2D eigenvalue weighted by molar-refractivity contribution is -0.136. The third-order valence-electron chi connectivity index (χ3n) is 3.09. The van der Waals surface area contributed by atoms with Crippen molar-refractivity contribution in [1.29, 1.82) is 5.26 Å². The SMILES string of the molecule is CN(c1cccc(C#N)c1)c1ccc(N)c(C(F)(F)F)c1. The average molecular weight is 291 g/mol. The summed E-state index contributed by atoms with van der Waals surface area (Å²) in [7, 11) is 1.63. The van der Waals surface area contributed by atoms with Crippen LogP contribution in [-0.4, -0.2) is 7.05 Å². The maximum absolute atomic E-state index is 12.9. The summed E-state index contributed by atoms with van der Waals surface area (Å²) >= 11 is 0. The molecular formula is C15H12F3N3. The van der Waals surface area contributed by atoms with Crippen LogP contribution < -0.4 is 10.6 Å². The van der Waals surface area contributed by atoms with E-state index in [9.17, 15) is 13.2 Å². The highest BCUT2D eigenvalue weighted by Gasteiger charge is 2.33. The molecule has 0 aromatic heterocycles. The Balaban J connectivity index is 2.44. The molecule has 0 atom stereocenters. The molecule has 0 amide bonds. The third-order valence-corrected chi connectivity index (χ3v) is 3.09. The second-order valence-electron chi connectivity index (χ2n) is 4.49. The number of alkyl halides is 3. The predicted molar refractivity (Wildman–Crippen MR) is 75.1 cm³/mol. The molecule has 21 heavy (non-hydrogen) atoms. The lowest BCUT2D eigenvalue weighted by atomic mass is 10.1. The first-order valence-electron chi connectivity index (χ1n) is 6.03. The van der Waals surface area contributed by atoms with Gasteiger partial charge in [0, 0.05) is 24.1 Å². The van der Waals surface area contributed by atoms with Gasteiger partial charge in [0.05, 0.1) is 17.2 Å². The molecule has 0 aliphatic carbocycles. The summed E-state index contributed by atoms with van der Waals surface area (Å²) in [6.45, 7) is 0. The second-order valence-corrected chi connectivity index (χ2v) is 4.49. The topological polar surface area (TPSA) is 53.0 Å². The Kier molecular flexibility index (Phi) is 3.76. The number of rotatable bonds is 2. The fraction of sp³-hybridized carbons (Fsp3) is 0.133. The van der Waals surface area contributed by atoms with Crippen molar-refractivity contribution in [3.63, 3.8) is 0 Å². The molecule has 2 aromatic carbocycles. The van der Waals surface area contributed by atoms with E-state index in [1.807, 2.05) is 6.07 Å². The van der Waals surface area contributed by atoms with Gasteiger partial charge in [0.25, 0.3) is 0 Å². The molecule has 0 bridgehead atoms. The first kappa shape index (κ1) is 14.7. The molecule has 3 nitrogen and oxygen atoms in total. The van der Waals surface area contributed by atoms with Crippen molar-refractivity contribution < 1.29 is 13.2 Å². The van der Waals surface area contributed by atoms with Crippen molar-refractivity contribution in [3.05, 3.63) is 53.6 Å². The number of benzene rings is 2. The first-order chi connectivity index (χ1) is 9.82. The molecule has 0 radical (unpaired) electrons. The van der Waals surface area contributed by atoms with Crippen LogP contribution >= 0.6 is 0 Å². The van der Waals surface area contributed by atoms with Crippen LogP contribution in [0.1, 0.15) is 11.1 Å². The van der Waals surface area contributed by atoms with Gasteiger partial charge >= 0.3 is 6.18 Å². The number of halogens is 3. The highest BCUT2D eigenvalue weighted by Crippen LogP contribution is 2.37. The molecule has 0 unspecified atom stereocenters. The van der Waals surface area contributed by atoms with Crippen LogP contribution in [0.5, 0.6) is 0 Å². The summed E-state index contributed by atoms with van der Waals surface area (Å²) in [5.74, 6) is 0. The molecule has 0 spiro atoms. The van der Waals surface area contributed by atoms with Crippen LogP contribution in [0, 0.1) is 11.3 Å². The number of hydrogen-bond acceptors (Lipinski definition) is 3. The summed E-state index contributed by atoms with van der Waals surface area (Å²) in [5, 5.41) is 8.87. The van der Waals surface area contributed by atoms with E-state index in [1.54, 1.807) is 36.2 Å². The van der Waals surface area contributed by atoms with Gasteiger partial charge in [0.15, 0.2) is 0 Å². The maximum Gasteiger partial charge on any atom is 0.418 e. The van der Waals surface area contributed by atoms with Gasteiger partial charge in [-0.15, -0.1) is 0 Å². The Morgan fingerprint density at radius 2 is 1.76 bits per heavy atom. The monoisotopic (exact) mass is 291 g/mol. The van der Waals surface area contributed by atoms with Crippen molar-refractivity contribution >= 4 is 17.1 Å². The molecule has 0 aliphatic rings. The minimum atomic E-state index is -4.50. The molecule has 0 fully saturated rings. The molecule has 0 aliphatic heterocycles. The standard InChI is InChI=1S/C15H12F3N3/c1-21(11-4-2-3-10(7-11)9-19)12-5-6-14(20)13(8-12)15(16,17)18/h2-8H,20H2,1H3. The number of hydrogen-bond donors (Lipinski definition) is 1. The summed E-state index contributed by atoms with van der Waals surface area (Å²) < 4.78 is 38.6. The number of nitrogen functional groups attached to an aromatic ring is 1. The van der Waals surface area contributed by atoms with Crippen LogP contribution in [0.15, 0.2) is 42.5 Å². The van der Waals surface area contributed by atoms with Gasteiger partial charge in [-0.05, 0) is 36.4 Å². The lowest BCUT2D eigenvalue weighted by Gasteiger charge is -2.21. The first-order valence-corrected chi connectivity index (χ1v) is 6.03. The van der Waals surface area contributed by atoms with Crippen LogP contribution in [0.3, 0.4) is 0 Å². The van der Waals surface area contributed by atoms with Crippen molar-refractivity contribution in [2.45, 2.75) is 6.18 Å². The zero-order valence-corrected chi connectivity index (χ0v) is 11.1. The molecule has 2 N–H and O–H groups in total. The second kappa shape index (κ2) is 5.37. The van der Waals surface area contributed by atoms with Crippen LogP contribution in [0.2, 0.25) is 0 Å². The van der Waals surface area contributed by atoms with E-state index in [2.05, 4.69) is 0 Å². The van der Waals surface area contributed by atoms with E-state index in [1.165, 1.54) is 12.1 Å². The van der Waals surface area contributed by atoms with E-state index in [0.29, 0.717) is 16.9 Å². The molecule has 108 valence electrons. The highest BCUT2D eigenvalue weighted by molar-refractivity contribution is 5.67. The lowest BCUT2D eigenvalue weighted by Crippen LogP contribution is -2.13. The van der Waals surface area contributed by atoms with Gasteiger partial charge in [0.2, 0.25) is 0 Å². The quantitative estimate of drug-likeness (QED) is 0.853. The number of nitrogens with two attached hydrogens (primary N) is 1. The van der Waals surface area contributed by atoms with E-state index in [0.717, 1.165) is 6.07 Å². The Morgan fingerprint density at radius 1 is 1.10 bits per heavy atom. The largest absolute Gasteiger partial charge is 0.418 e. The molecule has 0 saturated heterocycles. The minimum Gasteiger partial charge on any atom is -0.398 e. The molecule has 2 rings (SSSR count). The average Bonchev–Trinajstić information content (AvgIpc) is 2.46. The Labute approximate surface area is 120 Å². The molecule has 0 heterocycles. The summed E-state index contributed by atoms with van der Waals surface area (Å²) in [4.78, 5) is 1.56. The fourth-order valence-corrected chi connectivity index (χ4v) is 1.93. The van der Waals surface area contributed by atoms with E-state index >= 15 is 0 Å². The zero-order chi connectivity index (χ0) is 15.6. The molecule has 0 saturated carbocycles. The molecule has 6 heteroatoms. The third kappa shape index (κ3) is 3.08. The van der Waals surface area contributed by atoms with Gasteiger partial charge in [-0.25, -0.2) is 0 Å². The minimum absolute atomic E-state index is 0.314. The smallest absolute Gasteiger partial charge is 0.398 e. The van der Waals surface area contributed by atoms with Gasteiger partial charge in [-0.1, -0.05) is 6.07 Å². The number of nitrogens with zero attached hydrogens (tertiary/aromatic N) is 2. The van der Waals surface area contributed by atoms with Crippen LogP contribution in [-0.2, 0) is 6.18 Å². The zero-order valence-electron chi connectivity index (χ0n) is 11.1. The van der Waals surface area contributed by atoms with Gasteiger partial charge < -0.3 is 10.6 Å². The van der Waals surface area contributed by atoms with Crippen LogP contribution in [0.25, 0.3) is 0 Å². The summed E-state index contributed by atoms with van der Waals surface area (Å²) in [6, 6.07) is 12.3. The predicted octanol–water partition coefficient (Wildman–Crippen LogP) is 3.93. The fourth-order valence-electron chi connectivity index (χ4n) is 1.93. The Morgan fingerprint density at radius 3 is 2.38 bits per heavy atom.